The van der Waals surface area contributed by atoms with E-state index in [1.165, 1.54) is 31.5 Å². The van der Waals surface area contributed by atoms with Crippen LogP contribution in [0.2, 0.25) is 0 Å². The van der Waals surface area contributed by atoms with E-state index in [1.54, 1.807) is 20.8 Å². The van der Waals surface area contributed by atoms with Crippen molar-refractivity contribution >= 4 is 35.0 Å². The number of nitrogen functional groups attached to an aromatic ring is 1. The Balaban J connectivity index is 1.78. The van der Waals surface area contributed by atoms with Crippen LogP contribution in [0.1, 0.15) is 50.7 Å². The zero-order valence-corrected chi connectivity index (χ0v) is 27.3. The Hall–Kier alpha value is -2.61. The summed E-state index contributed by atoms with van der Waals surface area (Å²) in [6.45, 7) is 4.13. The van der Waals surface area contributed by atoms with Gasteiger partial charge in [-0.3, -0.25) is 19.2 Å². The van der Waals surface area contributed by atoms with Gasteiger partial charge in [0.15, 0.2) is 0 Å². The third kappa shape index (κ3) is 10.2. The number of aliphatic hydroxyl groups is 1. The Kier molecular flexibility index (Phi) is 11.7. The molecule has 21 nitrogen and oxygen atoms in total. The molecule has 1 saturated heterocycles. The second-order valence-electron chi connectivity index (χ2n) is 10.9. The average molecular weight is 718 g/mol. The maximum atomic E-state index is 12.7. The number of aliphatic hydroxyl groups excluding tert-OH is 1. The van der Waals surface area contributed by atoms with Crippen molar-refractivity contribution in [3.8, 4) is 5.75 Å². The number of hydrogen-bond acceptors (Lipinski definition) is 15. The Morgan fingerprint density at radius 1 is 1.17 bits per heavy atom. The zero-order chi connectivity index (χ0) is 34.8. The molecule has 24 heteroatoms. The molecule has 0 aliphatic carbocycles. The van der Waals surface area contributed by atoms with Gasteiger partial charge >= 0.3 is 29.2 Å². The normalized spacial score (nSPS) is 22.2. The third-order valence-electron chi connectivity index (χ3n) is 6.30. The van der Waals surface area contributed by atoms with Crippen LogP contribution in [-0.4, -0.2) is 65.1 Å². The summed E-state index contributed by atoms with van der Waals surface area (Å²) < 4.78 is 63.9. The number of rotatable bonds is 14. The predicted molar refractivity (Wildman–Crippen MR) is 154 cm³/mol. The highest BCUT2D eigenvalue weighted by Gasteiger charge is 2.43. The minimum atomic E-state index is -5.77. The van der Waals surface area contributed by atoms with Crippen molar-refractivity contribution in [2.75, 3.05) is 19.5 Å². The number of benzene rings is 1. The summed E-state index contributed by atoms with van der Waals surface area (Å²) in [6.07, 6.45) is -4.02. The first-order valence-corrected chi connectivity index (χ1v) is 17.5. The van der Waals surface area contributed by atoms with Crippen LogP contribution in [0.3, 0.4) is 0 Å². The first-order chi connectivity index (χ1) is 21.0. The van der Waals surface area contributed by atoms with Gasteiger partial charge in [-0.15, -0.1) is 0 Å². The quantitative estimate of drug-likeness (QED) is 0.0924. The minimum absolute atomic E-state index is 0.161. The van der Waals surface area contributed by atoms with Gasteiger partial charge in [-0.2, -0.15) is 13.6 Å². The lowest BCUT2D eigenvalue weighted by Gasteiger charge is -2.31. The SMILES string of the molecule is COc1ccc([N+](=O)[O-])c([C@@H](OCc2cn([C@H]3CC(O)[C@@H](COP(=O)(O)OP(=O)(O)OP(=O)(O)O)O3)c(=O)nc2N)C(C)(C)C)c1. The first kappa shape index (κ1) is 37.8. The van der Waals surface area contributed by atoms with E-state index in [4.69, 9.17) is 29.7 Å². The lowest BCUT2D eigenvalue weighted by Crippen LogP contribution is -2.30. The number of anilines is 1. The van der Waals surface area contributed by atoms with E-state index >= 15 is 0 Å². The standard InChI is InChI=1S/C22H33N4O17P3/c1-22(2,3)19(14-7-13(38-4)5-6-15(14)26(29)30)39-10-12-9-25(21(28)24-20(12)23)18-8-16(27)17(41-18)11-40-45(34,35)43-46(36,37)42-44(31,32)33/h5-7,9,16-19,27H,8,10-11H2,1-4H3,(H,34,35)(H,36,37)(H2,23,24,28)(H2,31,32,33)/t16?,17-,18-,19-/m1/s1. The van der Waals surface area contributed by atoms with E-state index in [0.717, 1.165) is 4.57 Å². The number of hydrogen-bond donors (Lipinski definition) is 6. The highest BCUT2D eigenvalue weighted by Crippen LogP contribution is 2.66. The second-order valence-corrected chi connectivity index (χ2v) is 15.3. The average Bonchev–Trinajstić information content (AvgIpc) is 3.25. The molecule has 0 bridgehead atoms. The van der Waals surface area contributed by atoms with Crippen molar-refractivity contribution in [1.29, 1.82) is 0 Å². The van der Waals surface area contributed by atoms with Gasteiger partial charge in [-0.05, 0) is 17.5 Å². The van der Waals surface area contributed by atoms with E-state index in [-0.39, 0.29) is 35.7 Å². The van der Waals surface area contributed by atoms with E-state index < -0.39 is 70.6 Å². The van der Waals surface area contributed by atoms with Crippen LogP contribution in [0.15, 0.2) is 29.2 Å². The van der Waals surface area contributed by atoms with E-state index in [0.29, 0.717) is 5.75 Å². The van der Waals surface area contributed by atoms with Gasteiger partial charge in [0.1, 0.15) is 23.9 Å². The van der Waals surface area contributed by atoms with Crippen molar-refractivity contribution < 1.29 is 70.7 Å². The number of aromatic nitrogens is 2. The van der Waals surface area contributed by atoms with Gasteiger partial charge in [-0.25, -0.2) is 18.5 Å². The molecule has 3 rings (SSSR count). The van der Waals surface area contributed by atoms with Crippen LogP contribution < -0.4 is 16.2 Å². The van der Waals surface area contributed by atoms with Gasteiger partial charge in [0.2, 0.25) is 0 Å². The van der Waals surface area contributed by atoms with Crippen LogP contribution in [-0.2, 0) is 42.9 Å². The molecule has 46 heavy (non-hydrogen) atoms. The number of nitro benzene ring substituents is 1. The number of methoxy groups -OCH3 is 1. The molecule has 1 aliphatic rings. The predicted octanol–water partition coefficient (Wildman–Crippen LogP) is 2.04. The Morgan fingerprint density at radius 2 is 1.83 bits per heavy atom. The summed E-state index contributed by atoms with van der Waals surface area (Å²) in [5, 5.41) is 22.2. The van der Waals surface area contributed by atoms with Crippen LogP contribution in [0.5, 0.6) is 5.75 Å². The van der Waals surface area contributed by atoms with Crippen molar-refractivity contribution in [3.63, 3.8) is 0 Å². The van der Waals surface area contributed by atoms with Gasteiger partial charge in [-0.1, -0.05) is 20.8 Å². The molecule has 2 heterocycles. The molecule has 3 unspecified atom stereocenters. The van der Waals surface area contributed by atoms with Crippen molar-refractivity contribution in [2.45, 2.75) is 58.3 Å². The summed E-state index contributed by atoms with van der Waals surface area (Å²) >= 11 is 0. The minimum Gasteiger partial charge on any atom is -0.497 e. The third-order valence-corrected chi connectivity index (χ3v) is 10.1. The van der Waals surface area contributed by atoms with Gasteiger partial charge < -0.3 is 44.6 Å². The lowest BCUT2D eigenvalue weighted by atomic mass is 9.83. The van der Waals surface area contributed by atoms with Crippen LogP contribution >= 0.6 is 23.5 Å². The number of nitrogens with two attached hydrogens (primary N) is 1. The molecule has 1 aromatic heterocycles. The monoisotopic (exact) mass is 718 g/mol. The van der Waals surface area contributed by atoms with E-state index in [9.17, 15) is 43.5 Å². The fraction of sp³-hybridized carbons (Fsp3) is 0.545. The van der Waals surface area contributed by atoms with Gasteiger partial charge in [0.25, 0.3) is 5.69 Å². The fourth-order valence-electron chi connectivity index (χ4n) is 4.36. The smallest absolute Gasteiger partial charge is 0.490 e. The maximum absolute atomic E-state index is 12.7. The molecule has 0 spiro atoms. The number of phosphoric acid groups is 3. The Morgan fingerprint density at radius 3 is 2.39 bits per heavy atom. The number of nitrogens with zero attached hydrogens (tertiary/aromatic N) is 3. The molecule has 1 fully saturated rings. The second kappa shape index (κ2) is 14.2. The van der Waals surface area contributed by atoms with Crippen molar-refractivity contribution in [3.05, 3.63) is 56.1 Å². The molecule has 6 atom stereocenters. The molecular formula is C22H33N4O17P3. The summed E-state index contributed by atoms with van der Waals surface area (Å²) in [6, 6.07) is 4.20. The largest absolute Gasteiger partial charge is 0.497 e. The molecule has 1 aliphatic heterocycles. The molecule has 2 aromatic rings. The molecule has 7 N–H and O–H groups in total. The number of ether oxygens (including phenoxy) is 3. The number of nitro groups is 1. The maximum Gasteiger partial charge on any atom is 0.490 e. The van der Waals surface area contributed by atoms with Crippen LogP contribution in [0.25, 0.3) is 0 Å². The molecule has 258 valence electrons. The van der Waals surface area contributed by atoms with Crippen molar-refractivity contribution in [2.24, 2.45) is 5.41 Å². The van der Waals surface area contributed by atoms with E-state index in [2.05, 4.69) is 18.1 Å². The van der Waals surface area contributed by atoms with Gasteiger partial charge in [0, 0.05) is 24.2 Å². The topological polar surface area (TPSA) is 312 Å². The Labute approximate surface area is 260 Å². The molecule has 0 saturated carbocycles. The lowest BCUT2D eigenvalue weighted by molar-refractivity contribution is -0.386. The molecular weight excluding hydrogens is 685 g/mol. The highest BCUT2D eigenvalue weighted by atomic mass is 31.3. The molecule has 1 aromatic carbocycles. The summed E-state index contributed by atoms with van der Waals surface area (Å²) in [5.41, 5.74) is 4.53. The highest BCUT2D eigenvalue weighted by molar-refractivity contribution is 7.66. The summed E-state index contributed by atoms with van der Waals surface area (Å²) in [7, 11) is -15.5. The van der Waals surface area contributed by atoms with Gasteiger partial charge in [0.05, 0.1) is 43.0 Å². The molecule has 0 amide bonds. The zero-order valence-electron chi connectivity index (χ0n) is 24.6. The van der Waals surface area contributed by atoms with Crippen molar-refractivity contribution in [1.82, 2.24) is 9.55 Å². The van der Waals surface area contributed by atoms with Crippen LogP contribution in [0.4, 0.5) is 11.5 Å². The number of phosphoric ester groups is 1. The fourth-order valence-corrected chi connectivity index (χ4v) is 7.39. The van der Waals surface area contributed by atoms with E-state index in [1.807, 2.05) is 0 Å². The summed E-state index contributed by atoms with van der Waals surface area (Å²) in [4.78, 5) is 63.9. The first-order valence-electron chi connectivity index (χ1n) is 13.0. The molecule has 0 radical (unpaired) electrons. The van der Waals surface area contributed by atoms with Crippen LogP contribution in [0, 0.1) is 15.5 Å². The Bertz CT molecular complexity index is 1640. The summed E-state index contributed by atoms with van der Waals surface area (Å²) in [5.74, 6) is 0.129.